The van der Waals surface area contributed by atoms with Crippen LogP contribution in [0.3, 0.4) is 0 Å². The van der Waals surface area contributed by atoms with Crippen LogP contribution in [0, 0.1) is 6.92 Å². The van der Waals surface area contributed by atoms with Crippen molar-refractivity contribution in [2.75, 3.05) is 0 Å². The molecule has 0 saturated heterocycles. The molecule has 0 radical (unpaired) electrons. The molecule has 6 heteroatoms. The fourth-order valence-electron chi connectivity index (χ4n) is 3.43. The summed E-state index contributed by atoms with van der Waals surface area (Å²) in [5.74, 6) is -0.216. The van der Waals surface area contributed by atoms with E-state index in [1.54, 1.807) is 10.8 Å². The first-order valence-electron chi connectivity index (χ1n) is 9.46. The second kappa shape index (κ2) is 7.70. The van der Waals surface area contributed by atoms with Crippen LogP contribution in [0.5, 0.6) is 0 Å². The Kier molecular flexibility index (Phi) is 4.96. The predicted octanol–water partition coefficient (Wildman–Crippen LogP) is 3.30. The number of aryl methyl sites for hydroxylation is 1. The first kappa shape index (κ1) is 17.4. The SMILES string of the molecule is Cc1ccn(C(=O)c2cnn(-c3ccccc3)n2)c(=NC2CCCCC2)c1. The van der Waals surface area contributed by atoms with Crippen LogP contribution in [-0.4, -0.2) is 31.5 Å². The van der Waals surface area contributed by atoms with Gasteiger partial charge in [-0.1, -0.05) is 37.5 Å². The summed E-state index contributed by atoms with van der Waals surface area (Å²) in [7, 11) is 0. The van der Waals surface area contributed by atoms with Gasteiger partial charge in [-0.05, 0) is 49.6 Å². The van der Waals surface area contributed by atoms with Crippen LogP contribution in [0.25, 0.3) is 5.69 Å². The molecule has 0 N–H and O–H groups in total. The van der Waals surface area contributed by atoms with Gasteiger partial charge in [0.05, 0.1) is 17.9 Å². The van der Waals surface area contributed by atoms with E-state index in [-0.39, 0.29) is 5.91 Å². The summed E-state index contributed by atoms with van der Waals surface area (Å²) < 4.78 is 1.58. The van der Waals surface area contributed by atoms with Crippen molar-refractivity contribution < 1.29 is 4.79 Å². The molecule has 1 aromatic carbocycles. The maximum absolute atomic E-state index is 13.1. The molecule has 138 valence electrons. The topological polar surface area (TPSA) is 65.1 Å². The minimum absolute atomic E-state index is 0.216. The minimum Gasteiger partial charge on any atom is -0.266 e. The van der Waals surface area contributed by atoms with E-state index in [4.69, 9.17) is 4.99 Å². The lowest BCUT2D eigenvalue weighted by atomic mass is 9.96. The second-order valence-corrected chi connectivity index (χ2v) is 7.01. The lowest BCUT2D eigenvalue weighted by Gasteiger charge is -2.17. The van der Waals surface area contributed by atoms with E-state index < -0.39 is 0 Å². The number of hydrogen-bond donors (Lipinski definition) is 0. The molecule has 0 spiro atoms. The molecule has 2 aromatic heterocycles. The van der Waals surface area contributed by atoms with Crippen LogP contribution in [0.15, 0.2) is 59.9 Å². The number of carbonyl (C=O) groups is 1. The Morgan fingerprint density at radius 1 is 1.11 bits per heavy atom. The zero-order valence-electron chi connectivity index (χ0n) is 15.5. The molecule has 3 aromatic rings. The number of aromatic nitrogens is 4. The molecule has 4 rings (SSSR count). The third-order valence-electron chi connectivity index (χ3n) is 4.90. The molecular weight excluding hydrogens is 338 g/mol. The fraction of sp³-hybridized carbons (Fsp3) is 0.333. The zero-order chi connectivity index (χ0) is 18.6. The van der Waals surface area contributed by atoms with Gasteiger partial charge in [-0.25, -0.2) is 0 Å². The molecule has 1 aliphatic carbocycles. The van der Waals surface area contributed by atoms with Crippen molar-refractivity contribution in [2.24, 2.45) is 4.99 Å². The van der Waals surface area contributed by atoms with Gasteiger partial charge in [0.15, 0.2) is 5.69 Å². The van der Waals surface area contributed by atoms with E-state index >= 15 is 0 Å². The van der Waals surface area contributed by atoms with Crippen LogP contribution < -0.4 is 5.49 Å². The van der Waals surface area contributed by atoms with E-state index in [0.717, 1.165) is 24.1 Å². The highest BCUT2D eigenvalue weighted by atomic mass is 16.2. The number of nitrogens with zero attached hydrogens (tertiary/aromatic N) is 5. The average Bonchev–Trinajstić information content (AvgIpc) is 3.19. The Morgan fingerprint density at radius 3 is 2.67 bits per heavy atom. The summed E-state index contributed by atoms with van der Waals surface area (Å²) >= 11 is 0. The summed E-state index contributed by atoms with van der Waals surface area (Å²) in [6.45, 7) is 2.01. The van der Waals surface area contributed by atoms with Crippen molar-refractivity contribution in [3.63, 3.8) is 0 Å². The van der Waals surface area contributed by atoms with E-state index in [9.17, 15) is 4.79 Å². The molecule has 1 saturated carbocycles. The zero-order valence-corrected chi connectivity index (χ0v) is 15.5. The van der Waals surface area contributed by atoms with E-state index in [1.807, 2.05) is 49.4 Å². The number of para-hydroxylation sites is 1. The molecule has 1 aliphatic rings. The number of rotatable bonds is 3. The van der Waals surface area contributed by atoms with Gasteiger partial charge in [0.1, 0.15) is 5.49 Å². The van der Waals surface area contributed by atoms with Crippen molar-refractivity contribution >= 4 is 5.91 Å². The van der Waals surface area contributed by atoms with E-state index in [1.165, 1.54) is 30.3 Å². The largest absolute Gasteiger partial charge is 0.285 e. The van der Waals surface area contributed by atoms with Gasteiger partial charge in [0.25, 0.3) is 5.91 Å². The van der Waals surface area contributed by atoms with Crippen LogP contribution >= 0.6 is 0 Å². The molecule has 2 heterocycles. The van der Waals surface area contributed by atoms with Crippen molar-refractivity contribution in [1.29, 1.82) is 0 Å². The third-order valence-corrected chi connectivity index (χ3v) is 4.90. The maximum Gasteiger partial charge on any atom is 0.285 e. The lowest BCUT2D eigenvalue weighted by molar-refractivity contribution is 0.0949. The quantitative estimate of drug-likeness (QED) is 0.719. The first-order valence-corrected chi connectivity index (χ1v) is 9.46. The predicted molar refractivity (Wildman–Crippen MR) is 103 cm³/mol. The molecular formula is C21H23N5O. The minimum atomic E-state index is -0.216. The number of carbonyl (C=O) groups excluding carboxylic acids is 1. The molecule has 0 amide bonds. The van der Waals surface area contributed by atoms with Crippen LogP contribution in [0.4, 0.5) is 0 Å². The Labute approximate surface area is 158 Å². The highest BCUT2D eigenvalue weighted by Gasteiger charge is 2.16. The highest BCUT2D eigenvalue weighted by Crippen LogP contribution is 2.19. The first-order chi connectivity index (χ1) is 13.2. The van der Waals surface area contributed by atoms with E-state index in [0.29, 0.717) is 17.2 Å². The molecule has 1 fully saturated rings. The summed E-state index contributed by atoms with van der Waals surface area (Å²) in [5, 5.41) is 8.60. The van der Waals surface area contributed by atoms with Gasteiger partial charge < -0.3 is 0 Å². The Bertz CT molecular complexity index is 997. The van der Waals surface area contributed by atoms with Crippen molar-refractivity contribution in [1.82, 2.24) is 19.6 Å². The summed E-state index contributed by atoms with van der Waals surface area (Å²) in [5.41, 5.74) is 2.90. The Hall–Kier alpha value is -3.02. The summed E-state index contributed by atoms with van der Waals surface area (Å²) in [4.78, 5) is 19.4. The summed E-state index contributed by atoms with van der Waals surface area (Å²) in [6, 6.07) is 13.7. The van der Waals surface area contributed by atoms with Crippen molar-refractivity contribution in [2.45, 2.75) is 45.1 Å². The standard InChI is InChI=1S/C21H23N5O/c1-16-12-13-25(20(14-16)23-17-8-4-2-5-9-17)21(27)19-15-22-26(24-19)18-10-6-3-7-11-18/h3,6-7,10-15,17H,2,4-5,8-9H2,1H3. The molecule has 0 atom stereocenters. The fourth-order valence-corrected chi connectivity index (χ4v) is 3.43. The number of pyridine rings is 1. The van der Waals surface area contributed by atoms with Gasteiger partial charge >= 0.3 is 0 Å². The van der Waals surface area contributed by atoms with Gasteiger partial charge in [0.2, 0.25) is 0 Å². The maximum atomic E-state index is 13.1. The molecule has 0 bridgehead atoms. The van der Waals surface area contributed by atoms with Gasteiger partial charge in [0, 0.05) is 6.20 Å². The molecule has 0 unspecified atom stereocenters. The monoisotopic (exact) mass is 361 g/mol. The summed E-state index contributed by atoms with van der Waals surface area (Å²) in [6.07, 6.45) is 9.16. The lowest BCUT2D eigenvalue weighted by Crippen LogP contribution is -2.30. The number of hydrogen-bond acceptors (Lipinski definition) is 4. The third kappa shape index (κ3) is 3.89. The van der Waals surface area contributed by atoms with E-state index in [2.05, 4.69) is 10.2 Å². The van der Waals surface area contributed by atoms with Crippen molar-refractivity contribution in [3.8, 4) is 5.69 Å². The Balaban J connectivity index is 1.68. The van der Waals surface area contributed by atoms with Crippen LogP contribution in [0.2, 0.25) is 0 Å². The van der Waals surface area contributed by atoms with Gasteiger partial charge in [-0.15, -0.1) is 5.10 Å². The molecule has 6 nitrogen and oxygen atoms in total. The second-order valence-electron chi connectivity index (χ2n) is 7.01. The molecule has 27 heavy (non-hydrogen) atoms. The van der Waals surface area contributed by atoms with Gasteiger partial charge in [-0.3, -0.25) is 14.4 Å². The highest BCUT2D eigenvalue weighted by molar-refractivity contribution is 5.93. The van der Waals surface area contributed by atoms with Crippen LogP contribution in [-0.2, 0) is 0 Å². The number of benzene rings is 1. The Morgan fingerprint density at radius 2 is 1.89 bits per heavy atom. The van der Waals surface area contributed by atoms with Crippen molar-refractivity contribution in [3.05, 3.63) is 71.6 Å². The van der Waals surface area contributed by atoms with Gasteiger partial charge in [-0.2, -0.15) is 9.90 Å². The van der Waals surface area contributed by atoms with Crippen LogP contribution in [0.1, 0.15) is 48.2 Å². The smallest absolute Gasteiger partial charge is 0.266 e. The molecule has 0 aliphatic heterocycles. The normalized spacial score (nSPS) is 15.8. The average molecular weight is 361 g/mol.